The van der Waals surface area contributed by atoms with Gasteiger partial charge in [0, 0.05) is 25.7 Å². The lowest BCUT2D eigenvalue weighted by Crippen LogP contribution is -2.30. The van der Waals surface area contributed by atoms with E-state index in [1.807, 2.05) is 0 Å². The third-order valence-corrected chi connectivity index (χ3v) is 21.8. The van der Waals surface area contributed by atoms with Crippen LogP contribution in [0.5, 0.6) is 0 Å². The summed E-state index contributed by atoms with van der Waals surface area (Å²) in [5.74, 6) is 1.03. The molecule has 0 rings (SSSR count). The van der Waals surface area contributed by atoms with Crippen LogP contribution in [0.25, 0.3) is 0 Å². The molecule has 0 radical (unpaired) electrons. The average molecular weight is 1510 g/mol. The fourth-order valence-corrected chi connectivity index (χ4v) is 14.5. The summed E-state index contributed by atoms with van der Waals surface area (Å²) in [5.41, 5.74) is 0. The van der Waals surface area contributed by atoms with Crippen LogP contribution in [0.1, 0.15) is 434 Å². The van der Waals surface area contributed by atoms with Crippen LogP contribution in [0.15, 0.2) is 0 Å². The summed E-state index contributed by atoms with van der Waals surface area (Å²) >= 11 is 0. The molecule has 103 heavy (non-hydrogen) atoms. The summed E-state index contributed by atoms with van der Waals surface area (Å²) in [6, 6.07) is 0. The monoisotopic (exact) mass is 1510 g/mol. The standard InChI is InChI=1S/C84H164O17P2/c1-9-77(8)63-55-47-39-31-25-18-14-12-10-11-13-15-19-27-33-41-50-58-66-83(88)100-79(70-94-81(86)64-56-48-40-32-26-20-16-17-23-29-36-44-52-60-74(2)3)72-98-102(90,91)96-68-78(85)69-97-103(92,93)99-73-80(71-95-82(87)65-57-49-43-35-38-46-54-62-76(6)7)101-84(89)67-59-51-42-34-28-22-21-24-30-37-45-53-61-75(4)5/h74-80,85H,9-73H2,1-8H3,(H,90,91)(H,92,93)/t77?,78?,79-,80-/m1/s1. The maximum absolute atomic E-state index is 13.1. The summed E-state index contributed by atoms with van der Waals surface area (Å²) < 4.78 is 68.8. The summed E-state index contributed by atoms with van der Waals surface area (Å²) in [5, 5.41) is 10.7. The van der Waals surface area contributed by atoms with Crippen molar-refractivity contribution in [3.8, 4) is 0 Å². The summed E-state index contributed by atoms with van der Waals surface area (Å²) in [6.45, 7) is 14.3. The molecule has 0 spiro atoms. The van der Waals surface area contributed by atoms with Crippen molar-refractivity contribution < 1.29 is 80.2 Å². The maximum Gasteiger partial charge on any atom is 0.472 e. The molecule has 3 N–H and O–H groups in total. The van der Waals surface area contributed by atoms with Crippen LogP contribution < -0.4 is 0 Å². The second-order valence-electron chi connectivity index (χ2n) is 31.9. The highest BCUT2D eigenvalue weighted by molar-refractivity contribution is 7.47. The minimum Gasteiger partial charge on any atom is -0.462 e. The lowest BCUT2D eigenvalue weighted by atomic mass is 9.99. The Bertz CT molecular complexity index is 2010. The topological polar surface area (TPSA) is 237 Å². The van der Waals surface area contributed by atoms with Gasteiger partial charge >= 0.3 is 39.5 Å². The molecule has 19 heteroatoms. The number of rotatable bonds is 81. The fraction of sp³-hybridized carbons (Fsp3) is 0.952. The molecule has 0 aromatic heterocycles. The Morgan fingerprint density at radius 3 is 0.689 bits per heavy atom. The molecule has 0 saturated heterocycles. The molecular weight excluding hydrogens is 1340 g/mol. The molecule has 0 heterocycles. The normalized spacial score (nSPS) is 14.2. The van der Waals surface area contributed by atoms with E-state index in [1.165, 1.54) is 231 Å². The van der Waals surface area contributed by atoms with Gasteiger partial charge in [0.15, 0.2) is 12.2 Å². The van der Waals surface area contributed by atoms with Crippen molar-refractivity contribution >= 4 is 39.5 Å². The van der Waals surface area contributed by atoms with Crippen LogP contribution >= 0.6 is 15.6 Å². The number of phosphoric acid groups is 2. The highest BCUT2D eigenvalue weighted by atomic mass is 31.2. The number of aliphatic hydroxyl groups excluding tert-OH is 1. The molecule has 17 nitrogen and oxygen atoms in total. The molecular formula is C84H164O17P2. The molecule has 0 aromatic rings. The second kappa shape index (κ2) is 72.9. The summed E-state index contributed by atoms with van der Waals surface area (Å²) in [6.07, 6.45) is 61.1. The van der Waals surface area contributed by atoms with E-state index in [0.717, 1.165) is 114 Å². The summed E-state index contributed by atoms with van der Waals surface area (Å²) in [7, 11) is -9.93. The van der Waals surface area contributed by atoms with Gasteiger partial charge < -0.3 is 33.8 Å². The molecule has 0 aliphatic rings. The fourth-order valence-electron chi connectivity index (χ4n) is 12.9. The third kappa shape index (κ3) is 76.6. The number of esters is 4. The number of carbonyl (C=O) groups excluding carboxylic acids is 4. The zero-order chi connectivity index (χ0) is 76.0. The largest absolute Gasteiger partial charge is 0.472 e. The van der Waals surface area contributed by atoms with Crippen LogP contribution in [0.4, 0.5) is 0 Å². The van der Waals surface area contributed by atoms with Crippen LogP contribution in [0.2, 0.25) is 0 Å². The van der Waals surface area contributed by atoms with Gasteiger partial charge in [-0.2, -0.15) is 0 Å². The van der Waals surface area contributed by atoms with E-state index >= 15 is 0 Å². The Morgan fingerprint density at radius 1 is 0.272 bits per heavy atom. The van der Waals surface area contributed by atoms with Crippen molar-refractivity contribution in [2.75, 3.05) is 39.6 Å². The van der Waals surface area contributed by atoms with Gasteiger partial charge in [-0.15, -0.1) is 0 Å². The van der Waals surface area contributed by atoms with Crippen LogP contribution in [-0.4, -0.2) is 96.7 Å². The molecule has 0 aliphatic heterocycles. The van der Waals surface area contributed by atoms with Crippen LogP contribution in [0, 0.1) is 23.7 Å². The van der Waals surface area contributed by atoms with E-state index in [4.69, 9.17) is 37.0 Å². The Kier molecular flexibility index (Phi) is 71.5. The minimum absolute atomic E-state index is 0.106. The van der Waals surface area contributed by atoms with Crippen molar-refractivity contribution in [2.45, 2.75) is 453 Å². The number of unbranched alkanes of at least 4 members (excludes halogenated alkanes) is 46. The van der Waals surface area contributed by atoms with Gasteiger partial charge in [0.1, 0.15) is 19.3 Å². The third-order valence-electron chi connectivity index (χ3n) is 19.9. The average Bonchev–Trinajstić information content (AvgIpc) is 0.942. The number of hydrogen-bond acceptors (Lipinski definition) is 15. The Balaban J connectivity index is 5.22. The van der Waals surface area contributed by atoms with Gasteiger partial charge in [0.2, 0.25) is 0 Å². The molecule has 4 unspecified atom stereocenters. The zero-order valence-electron chi connectivity index (χ0n) is 68.0. The van der Waals surface area contributed by atoms with Gasteiger partial charge in [-0.3, -0.25) is 37.3 Å². The van der Waals surface area contributed by atoms with Gasteiger partial charge in [-0.05, 0) is 49.4 Å². The number of carbonyl (C=O) groups is 4. The van der Waals surface area contributed by atoms with Gasteiger partial charge in [0.25, 0.3) is 0 Å². The predicted molar refractivity (Wildman–Crippen MR) is 423 cm³/mol. The molecule has 0 amide bonds. The van der Waals surface area contributed by atoms with Gasteiger partial charge in [-0.1, -0.05) is 383 Å². The first-order valence-electron chi connectivity index (χ1n) is 43.2. The Morgan fingerprint density at radius 2 is 0.466 bits per heavy atom. The van der Waals surface area contributed by atoms with E-state index in [0.29, 0.717) is 31.6 Å². The molecule has 6 atom stereocenters. The maximum atomic E-state index is 13.1. The van der Waals surface area contributed by atoms with Crippen molar-refractivity contribution in [1.29, 1.82) is 0 Å². The first kappa shape index (κ1) is 101. The zero-order valence-corrected chi connectivity index (χ0v) is 69.7. The SMILES string of the molecule is CCC(C)CCCCCCCCCCCCCCCCCCCCC(=O)O[C@H](COC(=O)CCCCCCCCCCCCCCCC(C)C)COP(=O)(O)OCC(O)COP(=O)(O)OC[C@@H](COC(=O)CCCCCCCCCC(C)C)OC(=O)CCCCCCCCCCCCCCC(C)C. The molecule has 0 saturated carbocycles. The minimum atomic E-state index is -4.97. The predicted octanol–water partition coefficient (Wildman–Crippen LogP) is 25.2. The molecule has 612 valence electrons. The van der Waals surface area contributed by atoms with Crippen molar-refractivity contribution in [1.82, 2.24) is 0 Å². The van der Waals surface area contributed by atoms with E-state index in [-0.39, 0.29) is 25.7 Å². The number of aliphatic hydroxyl groups is 1. The summed E-state index contributed by atoms with van der Waals surface area (Å²) in [4.78, 5) is 73.1. The molecule has 0 aromatic carbocycles. The van der Waals surface area contributed by atoms with E-state index in [2.05, 4.69) is 55.4 Å². The van der Waals surface area contributed by atoms with Crippen molar-refractivity contribution in [3.63, 3.8) is 0 Å². The Hall–Kier alpha value is -1.94. The first-order valence-corrected chi connectivity index (χ1v) is 46.2. The number of phosphoric ester groups is 2. The highest BCUT2D eigenvalue weighted by Gasteiger charge is 2.30. The number of hydrogen-bond donors (Lipinski definition) is 3. The van der Waals surface area contributed by atoms with Crippen LogP contribution in [0.3, 0.4) is 0 Å². The second-order valence-corrected chi connectivity index (χ2v) is 34.8. The molecule has 0 aliphatic carbocycles. The number of ether oxygens (including phenoxy) is 4. The highest BCUT2D eigenvalue weighted by Crippen LogP contribution is 2.45. The molecule has 0 fully saturated rings. The lowest BCUT2D eigenvalue weighted by molar-refractivity contribution is -0.161. The quantitative estimate of drug-likeness (QED) is 0.0222. The van der Waals surface area contributed by atoms with Crippen LogP contribution in [-0.2, 0) is 65.4 Å². The first-order chi connectivity index (χ1) is 49.6. The lowest BCUT2D eigenvalue weighted by Gasteiger charge is -2.21. The van der Waals surface area contributed by atoms with Crippen molar-refractivity contribution in [3.05, 3.63) is 0 Å². The van der Waals surface area contributed by atoms with E-state index < -0.39 is 97.5 Å². The Labute approximate surface area is 632 Å². The molecule has 0 bridgehead atoms. The van der Waals surface area contributed by atoms with E-state index in [9.17, 15) is 43.2 Å². The van der Waals surface area contributed by atoms with E-state index in [1.54, 1.807) is 0 Å². The van der Waals surface area contributed by atoms with Gasteiger partial charge in [-0.25, -0.2) is 9.13 Å². The smallest absolute Gasteiger partial charge is 0.462 e. The van der Waals surface area contributed by atoms with Gasteiger partial charge in [0.05, 0.1) is 26.4 Å². The van der Waals surface area contributed by atoms with Crippen molar-refractivity contribution in [2.24, 2.45) is 23.7 Å².